The van der Waals surface area contributed by atoms with Crippen LogP contribution in [0, 0.1) is 5.92 Å². The van der Waals surface area contributed by atoms with Gasteiger partial charge in [0.25, 0.3) is 0 Å². The van der Waals surface area contributed by atoms with E-state index in [1.807, 2.05) is 26.0 Å². The van der Waals surface area contributed by atoms with Crippen LogP contribution in [0.5, 0.6) is 0 Å². The summed E-state index contributed by atoms with van der Waals surface area (Å²) in [5.41, 5.74) is 4.89. The van der Waals surface area contributed by atoms with Crippen molar-refractivity contribution in [2.24, 2.45) is 5.92 Å². The Morgan fingerprint density at radius 2 is 1.83 bits per heavy atom. The topological polar surface area (TPSA) is 55.8 Å². The van der Waals surface area contributed by atoms with E-state index >= 15 is 0 Å². The van der Waals surface area contributed by atoms with Crippen molar-refractivity contribution in [2.45, 2.75) is 46.2 Å². The largest absolute Gasteiger partial charge is 0.468 e. The second-order valence-corrected chi connectivity index (χ2v) is 6.33. The fourth-order valence-corrected chi connectivity index (χ4v) is 3.22. The number of hydrogen-bond donors (Lipinski definition) is 1. The summed E-state index contributed by atoms with van der Waals surface area (Å²) in [4.78, 5) is 12.0. The Bertz CT molecular complexity index is 661. The Morgan fingerprint density at radius 3 is 2.30 bits per heavy atom. The maximum absolute atomic E-state index is 12.0. The van der Waals surface area contributed by atoms with Gasteiger partial charge in [0.15, 0.2) is 12.1 Å². The molecule has 0 amide bonds. The van der Waals surface area contributed by atoms with Crippen LogP contribution in [0.3, 0.4) is 0 Å². The number of carbonyl (C=O) groups excluding carboxylic acids is 1. The zero-order valence-corrected chi connectivity index (χ0v) is 13.7. The van der Waals surface area contributed by atoms with Crippen LogP contribution >= 0.6 is 0 Å². The molecule has 23 heavy (non-hydrogen) atoms. The molecule has 0 spiro atoms. The smallest absolute Gasteiger partial charge is 0.224 e. The monoisotopic (exact) mass is 314 g/mol. The number of fused-ring (bicyclic) bond motifs is 1. The van der Waals surface area contributed by atoms with Gasteiger partial charge in [0.1, 0.15) is 0 Å². The Hall–Kier alpha value is -1.91. The standard InChI is InChI=1S/C19H22O4/c1-11-12(2)19(23-18(11)21)22-10-17(13(3)20)16-8-14-6-4-5-7-15(14)9-16/h4-7,10,16,18-19,21H,8-9H2,1-3H3/b17-10-. The van der Waals surface area contributed by atoms with Crippen molar-refractivity contribution >= 4 is 5.78 Å². The predicted octanol–water partition coefficient (Wildman–Crippen LogP) is 2.90. The molecule has 0 fully saturated rings. The first-order valence-corrected chi connectivity index (χ1v) is 7.91. The minimum absolute atomic E-state index is 0.0136. The van der Waals surface area contributed by atoms with Crippen LogP contribution in [-0.2, 0) is 27.1 Å². The number of carbonyl (C=O) groups is 1. The van der Waals surface area contributed by atoms with Crippen LogP contribution in [0.25, 0.3) is 0 Å². The third-order valence-corrected chi connectivity index (χ3v) is 4.81. The van der Waals surface area contributed by atoms with Crippen LogP contribution < -0.4 is 0 Å². The van der Waals surface area contributed by atoms with Crippen molar-refractivity contribution in [1.82, 2.24) is 0 Å². The van der Waals surface area contributed by atoms with Crippen molar-refractivity contribution in [2.75, 3.05) is 0 Å². The lowest BCUT2D eigenvalue weighted by Crippen LogP contribution is -2.17. The molecule has 0 aromatic heterocycles. The molecule has 4 nitrogen and oxygen atoms in total. The fraction of sp³-hybridized carbons (Fsp3) is 0.421. The molecule has 1 aliphatic heterocycles. The average Bonchev–Trinajstić information content (AvgIpc) is 3.04. The summed E-state index contributed by atoms with van der Waals surface area (Å²) >= 11 is 0. The minimum atomic E-state index is -0.926. The van der Waals surface area contributed by atoms with E-state index in [1.54, 1.807) is 6.92 Å². The molecule has 2 unspecified atom stereocenters. The average molecular weight is 314 g/mol. The second-order valence-electron chi connectivity index (χ2n) is 6.33. The van der Waals surface area contributed by atoms with Crippen LogP contribution in [0.1, 0.15) is 31.9 Å². The van der Waals surface area contributed by atoms with Gasteiger partial charge >= 0.3 is 0 Å². The molecule has 0 saturated heterocycles. The number of aliphatic hydroxyl groups is 1. The van der Waals surface area contributed by atoms with E-state index in [-0.39, 0.29) is 11.7 Å². The van der Waals surface area contributed by atoms with Crippen LogP contribution in [0.15, 0.2) is 47.2 Å². The van der Waals surface area contributed by atoms with E-state index in [0.29, 0.717) is 5.57 Å². The molecule has 1 aliphatic carbocycles. The van der Waals surface area contributed by atoms with Crippen molar-refractivity contribution in [3.8, 4) is 0 Å². The van der Waals surface area contributed by atoms with Crippen LogP contribution in [0.2, 0.25) is 0 Å². The molecule has 2 aliphatic rings. The molecule has 3 rings (SSSR count). The lowest BCUT2D eigenvalue weighted by molar-refractivity contribution is -0.158. The van der Waals surface area contributed by atoms with Gasteiger partial charge in [-0.05, 0) is 61.8 Å². The summed E-state index contributed by atoms with van der Waals surface area (Å²) in [6.45, 7) is 5.24. The van der Waals surface area contributed by atoms with Gasteiger partial charge in [0, 0.05) is 5.57 Å². The number of aliphatic hydroxyl groups excluding tert-OH is 1. The van der Waals surface area contributed by atoms with E-state index in [4.69, 9.17) is 9.47 Å². The summed E-state index contributed by atoms with van der Waals surface area (Å²) < 4.78 is 11.0. The summed E-state index contributed by atoms with van der Waals surface area (Å²) in [5, 5.41) is 9.70. The molecule has 1 aromatic rings. The molecule has 122 valence electrons. The summed E-state index contributed by atoms with van der Waals surface area (Å²) in [7, 11) is 0. The van der Waals surface area contributed by atoms with Gasteiger partial charge in [-0.1, -0.05) is 24.3 Å². The van der Waals surface area contributed by atoms with Crippen molar-refractivity contribution < 1.29 is 19.4 Å². The van der Waals surface area contributed by atoms with E-state index < -0.39 is 12.6 Å². The van der Waals surface area contributed by atoms with Crippen LogP contribution in [-0.4, -0.2) is 23.5 Å². The molecule has 1 N–H and O–H groups in total. The molecule has 4 heteroatoms. The highest BCUT2D eigenvalue weighted by molar-refractivity contribution is 5.93. The maximum atomic E-state index is 12.0. The normalized spacial score (nSPS) is 25.0. The zero-order valence-electron chi connectivity index (χ0n) is 13.7. The summed E-state index contributed by atoms with van der Waals surface area (Å²) in [6, 6.07) is 8.28. The Kier molecular flexibility index (Phi) is 4.37. The van der Waals surface area contributed by atoms with E-state index in [9.17, 15) is 9.90 Å². The number of ketones is 1. The Morgan fingerprint density at radius 1 is 1.22 bits per heavy atom. The summed E-state index contributed by atoms with van der Waals surface area (Å²) in [6.07, 6.45) is 1.69. The molecule has 1 heterocycles. The predicted molar refractivity (Wildman–Crippen MR) is 86.4 cm³/mol. The van der Waals surface area contributed by atoms with Gasteiger partial charge in [-0.15, -0.1) is 0 Å². The first-order chi connectivity index (χ1) is 11.0. The lowest BCUT2D eigenvalue weighted by Gasteiger charge is -2.16. The second kappa shape index (κ2) is 6.30. The first-order valence-electron chi connectivity index (χ1n) is 7.91. The quantitative estimate of drug-likeness (QED) is 0.527. The number of benzene rings is 1. The van der Waals surface area contributed by atoms with Crippen LogP contribution in [0.4, 0.5) is 0 Å². The zero-order chi connectivity index (χ0) is 16.6. The minimum Gasteiger partial charge on any atom is -0.468 e. The maximum Gasteiger partial charge on any atom is 0.224 e. The SMILES string of the molecule is CC(=O)/C(=C/OC1OC(O)C(C)=C1C)C1Cc2ccccc2C1. The lowest BCUT2D eigenvalue weighted by atomic mass is 9.94. The van der Waals surface area contributed by atoms with Gasteiger partial charge in [-0.3, -0.25) is 4.79 Å². The van der Waals surface area contributed by atoms with E-state index in [1.165, 1.54) is 17.4 Å². The van der Waals surface area contributed by atoms with Crippen molar-refractivity contribution in [1.29, 1.82) is 0 Å². The molecule has 1 aromatic carbocycles. The highest BCUT2D eigenvalue weighted by atomic mass is 16.7. The number of Topliss-reactive ketones (excluding diaryl/α,β-unsaturated/α-hetero) is 1. The number of allylic oxidation sites excluding steroid dienone is 1. The van der Waals surface area contributed by atoms with E-state index in [2.05, 4.69) is 12.1 Å². The number of rotatable bonds is 4. The Balaban J connectivity index is 1.75. The molecular weight excluding hydrogens is 292 g/mol. The first kappa shape index (κ1) is 16.0. The highest BCUT2D eigenvalue weighted by Crippen LogP contribution is 2.33. The van der Waals surface area contributed by atoms with Gasteiger partial charge in [-0.2, -0.15) is 0 Å². The van der Waals surface area contributed by atoms with Gasteiger partial charge in [0.05, 0.1) is 6.26 Å². The highest BCUT2D eigenvalue weighted by Gasteiger charge is 2.30. The summed E-state index contributed by atoms with van der Waals surface area (Å²) in [5.74, 6) is 0.154. The molecular formula is C19H22O4. The fourth-order valence-electron chi connectivity index (χ4n) is 3.22. The third-order valence-electron chi connectivity index (χ3n) is 4.81. The molecule has 2 atom stereocenters. The molecule has 0 saturated carbocycles. The number of ether oxygens (including phenoxy) is 2. The molecule has 0 radical (unpaired) electrons. The van der Waals surface area contributed by atoms with E-state index in [0.717, 1.165) is 24.0 Å². The van der Waals surface area contributed by atoms with Gasteiger partial charge < -0.3 is 14.6 Å². The Labute approximate surface area is 136 Å². The van der Waals surface area contributed by atoms with Crippen molar-refractivity contribution in [3.05, 3.63) is 58.4 Å². The number of hydrogen-bond acceptors (Lipinski definition) is 4. The van der Waals surface area contributed by atoms with Gasteiger partial charge in [-0.25, -0.2) is 0 Å². The molecule has 0 bridgehead atoms. The van der Waals surface area contributed by atoms with Gasteiger partial charge in [0.2, 0.25) is 6.29 Å². The third kappa shape index (κ3) is 3.09. The van der Waals surface area contributed by atoms with Crippen molar-refractivity contribution in [3.63, 3.8) is 0 Å².